The van der Waals surface area contributed by atoms with E-state index in [4.69, 9.17) is 11.6 Å². The van der Waals surface area contributed by atoms with Crippen LogP contribution in [0.4, 0.5) is 5.00 Å². The number of nitrogens with one attached hydrogen (secondary N) is 1. The Morgan fingerprint density at radius 2 is 2.17 bits per heavy atom. The highest BCUT2D eigenvalue weighted by Gasteiger charge is 2.13. The average Bonchev–Trinajstić information content (AvgIpc) is 2.93. The number of hydrogen-bond donors (Lipinski definition) is 1. The summed E-state index contributed by atoms with van der Waals surface area (Å²) < 4.78 is 0. The van der Waals surface area contributed by atoms with Crippen LogP contribution in [0.5, 0.6) is 0 Å². The van der Waals surface area contributed by atoms with E-state index in [1.807, 2.05) is 0 Å². The van der Waals surface area contributed by atoms with Gasteiger partial charge >= 0.3 is 5.00 Å². The van der Waals surface area contributed by atoms with Crippen LogP contribution >= 0.6 is 22.9 Å². The first kappa shape index (κ1) is 11.2. The summed E-state index contributed by atoms with van der Waals surface area (Å²) in [6, 6.07) is 8.49. The summed E-state index contributed by atoms with van der Waals surface area (Å²) in [4.78, 5) is 18.4. The van der Waals surface area contributed by atoms with Crippen molar-refractivity contribution in [1.29, 1.82) is 0 Å². The van der Waals surface area contributed by atoms with Crippen LogP contribution in [0.1, 0.15) is 0 Å². The number of aromatic amines is 1. The summed E-state index contributed by atoms with van der Waals surface area (Å²) in [5, 5.41) is 11.4. The standard InChI is InChI=1S/C11H6ClN3O2S/c12-6-1-2-7-8(5-6)14-11(13-7)9-3-4-10(18-9)15(16)17/h1-5H,(H,13,14). The lowest BCUT2D eigenvalue weighted by Crippen LogP contribution is -1.80. The van der Waals surface area contributed by atoms with Gasteiger partial charge in [0.15, 0.2) is 0 Å². The van der Waals surface area contributed by atoms with Crippen LogP contribution in [-0.4, -0.2) is 14.9 Å². The largest absolute Gasteiger partial charge is 0.337 e. The smallest absolute Gasteiger partial charge is 0.324 e. The fourth-order valence-corrected chi connectivity index (χ4v) is 2.59. The van der Waals surface area contributed by atoms with Crippen LogP contribution in [0.2, 0.25) is 5.02 Å². The number of H-pyrrole nitrogens is 1. The van der Waals surface area contributed by atoms with Gasteiger partial charge in [-0.05, 0) is 24.3 Å². The zero-order valence-electron chi connectivity index (χ0n) is 8.88. The number of thiophene rings is 1. The maximum Gasteiger partial charge on any atom is 0.324 e. The minimum absolute atomic E-state index is 0.100. The molecule has 2 heterocycles. The SMILES string of the molecule is O=[N+]([O-])c1ccc(-c2nc3ccc(Cl)cc3[nH]2)s1. The molecule has 0 aliphatic rings. The summed E-state index contributed by atoms with van der Waals surface area (Å²) in [6.07, 6.45) is 0. The molecule has 1 aromatic carbocycles. The van der Waals surface area contributed by atoms with E-state index in [0.717, 1.165) is 27.2 Å². The van der Waals surface area contributed by atoms with Crippen LogP contribution in [-0.2, 0) is 0 Å². The highest BCUT2D eigenvalue weighted by Crippen LogP contribution is 2.32. The summed E-state index contributed by atoms with van der Waals surface area (Å²) in [6.45, 7) is 0. The number of halogens is 1. The molecule has 3 rings (SSSR count). The molecule has 0 atom stereocenters. The van der Waals surface area contributed by atoms with Crippen molar-refractivity contribution in [3.05, 3.63) is 45.5 Å². The van der Waals surface area contributed by atoms with Crippen molar-refractivity contribution in [1.82, 2.24) is 9.97 Å². The molecule has 0 radical (unpaired) electrons. The number of nitrogens with zero attached hydrogens (tertiary/aromatic N) is 2. The van der Waals surface area contributed by atoms with Gasteiger partial charge in [-0.25, -0.2) is 4.98 Å². The van der Waals surface area contributed by atoms with Gasteiger partial charge in [0.1, 0.15) is 5.82 Å². The monoisotopic (exact) mass is 279 g/mol. The quantitative estimate of drug-likeness (QED) is 0.572. The number of benzene rings is 1. The molecule has 5 nitrogen and oxygen atoms in total. The average molecular weight is 280 g/mol. The van der Waals surface area contributed by atoms with E-state index in [1.165, 1.54) is 6.07 Å². The van der Waals surface area contributed by atoms with Gasteiger partial charge in [-0.1, -0.05) is 22.9 Å². The normalized spacial score (nSPS) is 10.9. The molecule has 18 heavy (non-hydrogen) atoms. The molecular formula is C11H6ClN3O2S. The molecule has 2 aromatic heterocycles. The molecule has 0 saturated heterocycles. The summed E-state index contributed by atoms with van der Waals surface area (Å²) in [5.41, 5.74) is 1.60. The van der Waals surface area contributed by atoms with E-state index in [0.29, 0.717) is 10.8 Å². The van der Waals surface area contributed by atoms with Gasteiger partial charge in [-0.2, -0.15) is 0 Å². The Hall–Kier alpha value is -1.92. The number of hydrogen-bond acceptors (Lipinski definition) is 4. The third-order valence-electron chi connectivity index (χ3n) is 2.45. The number of fused-ring (bicyclic) bond motifs is 1. The Balaban J connectivity index is 2.10. The molecule has 3 aromatic rings. The van der Waals surface area contributed by atoms with Crippen LogP contribution in [0.3, 0.4) is 0 Å². The van der Waals surface area contributed by atoms with E-state index in [9.17, 15) is 10.1 Å². The summed E-state index contributed by atoms with van der Waals surface area (Å²) in [7, 11) is 0. The highest BCUT2D eigenvalue weighted by molar-refractivity contribution is 7.18. The van der Waals surface area contributed by atoms with E-state index < -0.39 is 4.92 Å². The van der Waals surface area contributed by atoms with Crippen molar-refractivity contribution < 1.29 is 4.92 Å². The first-order valence-corrected chi connectivity index (χ1v) is 6.23. The molecule has 0 spiro atoms. The van der Waals surface area contributed by atoms with Crippen LogP contribution in [0.25, 0.3) is 21.7 Å². The predicted molar refractivity (Wildman–Crippen MR) is 71.1 cm³/mol. The highest BCUT2D eigenvalue weighted by atomic mass is 35.5. The molecule has 0 amide bonds. The van der Waals surface area contributed by atoms with Gasteiger partial charge < -0.3 is 4.98 Å². The second-order valence-corrected chi connectivity index (χ2v) is 5.14. The Morgan fingerprint density at radius 3 is 2.89 bits per heavy atom. The van der Waals surface area contributed by atoms with Gasteiger partial charge in [-0.3, -0.25) is 10.1 Å². The van der Waals surface area contributed by atoms with Gasteiger partial charge in [0.05, 0.1) is 20.8 Å². The van der Waals surface area contributed by atoms with Crippen molar-refractivity contribution in [2.45, 2.75) is 0 Å². The number of nitro groups is 1. The van der Waals surface area contributed by atoms with Crippen molar-refractivity contribution in [3.8, 4) is 10.7 Å². The summed E-state index contributed by atoms with van der Waals surface area (Å²) in [5.74, 6) is 0.616. The van der Waals surface area contributed by atoms with Crippen molar-refractivity contribution in [2.24, 2.45) is 0 Å². The molecule has 0 aliphatic carbocycles. The third-order valence-corrected chi connectivity index (χ3v) is 3.73. The van der Waals surface area contributed by atoms with Crippen LogP contribution in [0.15, 0.2) is 30.3 Å². The third kappa shape index (κ3) is 1.85. The zero-order valence-corrected chi connectivity index (χ0v) is 10.5. The maximum atomic E-state index is 10.6. The number of rotatable bonds is 2. The lowest BCUT2D eigenvalue weighted by Gasteiger charge is -1.87. The second-order valence-electron chi connectivity index (χ2n) is 3.64. The lowest BCUT2D eigenvalue weighted by molar-refractivity contribution is -0.380. The van der Waals surface area contributed by atoms with E-state index in [-0.39, 0.29) is 5.00 Å². The molecule has 0 fully saturated rings. The Kier molecular flexibility index (Phi) is 2.53. The van der Waals surface area contributed by atoms with Gasteiger partial charge in [-0.15, -0.1) is 0 Å². The minimum Gasteiger partial charge on any atom is -0.337 e. The minimum atomic E-state index is -0.409. The molecule has 0 saturated carbocycles. The van der Waals surface area contributed by atoms with E-state index >= 15 is 0 Å². The Labute approximate surface area is 110 Å². The lowest BCUT2D eigenvalue weighted by atomic mass is 10.3. The molecule has 0 bridgehead atoms. The number of aromatic nitrogens is 2. The summed E-state index contributed by atoms with van der Waals surface area (Å²) >= 11 is 6.97. The molecule has 0 unspecified atom stereocenters. The van der Waals surface area contributed by atoms with Gasteiger partial charge in [0.25, 0.3) is 0 Å². The zero-order chi connectivity index (χ0) is 12.7. The first-order chi connectivity index (χ1) is 8.63. The fourth-order valence-electron chi connectivity index (χ4n) is 1.65. The fraction of sp³-hybridized carbons (Fsp3) is 0. The van der Waals surface area contributed by atoms with Gasteiger partial charge in [0.2, 0.25) is 0 Å². The Bertz CT molecular complexity index is 750. The predicted octanol–water partition coefficient (Wildman–Crippen LogP) is 3.85. The Morgan fingerprint density at radius 1 is 1.33 bits per heavy atom. The van der Waals surface area contributed by atoms with Crippen molar-refractivity contribution >= 4 is 39.0 Å². The van der Waals surface area contributed by atoms with E-state index in [1.54, 1.807) is 24.3 Å². The first-order valence-electron chi connectivity index (χ1n) is 5.03. The van der Waals surface area contributed by atoms with E-state index in [2.05, 4.69) is 9.97 Å². The molecule has 0 aliphatic heterocycles. The topological polar surface area (TPSA) is 71.8 Å². The molecule has 7 heteroatoms. The van der Waals surface area contributed by atoms with Crippen LogP contribution in [0, 0.1) is 10.1 Å². The second kappa shape index (κ2) is 4.08. The van der Waals surface area contributed by atoms with Crippen LogP contribution < -0.4 is 0 Å². The van der Waals surface area contributed by atoms with Crippen molar-refractivity contribution in [2.75, 3.05) is 0 Å². The van der Waals surface area contributed by atoms with Crippen molar-refractivity contribution in [3.63, 3.8) is 0 Å². The molecule has 90 valence electrons. The number of imidazole rings is 1. The molecule has 1 N–H and O–H groups in total. The maximum absolute atomic E-state index is 10.6. The molecular weight excluding hydrogens is 274 g/mol. The van der Waals surface area contributed by atoms with Gasteiger partial charge in [0, 0.05) is 11.1 Å².